The Kier molecular flexibility index (Phi) is 10.9. The number of nitrogens with zero attached hydrogens (tertiary/aromatic N) is 1. The van der Waals surface area contributed by atoms with E-state index in [1.807, 2.05) is 0 Å². The lowest BCUT2D eigenvalue weighted by Crippen LogP contribution is -2.59. The summed E-state index contributed by atoms with van der Waals surface area (Å²) in [5.41, 5.74) is 11.0. The predicted molar refractivity (Wildman–Crippen MR) is 114 cm³/mol. The van der Waals surface area contributed by atoms with E-state index >= 15 is 0 Å². The maximum atomic E-state index is 12.8. The second-order valence-electron chi connectivity index (χ2n) is 7.57. The number of carboxylic acids is 1. The largest absolute Gasteiger partial charge is 0.480 e. The van der Waals surface area contributed by atoms with E-state index in [2.05, 4.69) is 25.9 Å². The fraction of sp³-hybridized carbons (Fsp3) is 0.579. The summed E-state index contributed by atoms with van der Waals surface area (Å²) >= 11 is 0. The van der Waals surface area contributed by atoms with Crippen LogP contribution in [0.25, 0.3) is 0 Å². The second kappa shape index (κ2) is 13.1. The third-order valence-corrected chi connectivity index (χ3v) is 4.96. The van der Waals surface area contributed by atoms with Crippen LogP contribution in [0, 0.1) is 5.92 Å². The van der Waals surface area contributed by atoms with E-state index in [0.29, 0.717) is 12.1 Å². The number of aliphatic hydroxyl groups excluding tert-OH is 1. The Labute approximate surface area is 189 Å². The lowest BCUT2D eigenvalue weighted by Gasteiger charge is -2.27. The number of primary amides is 1. The minimum atomic E-state index is -1.46. The molecule has 0 radical (unpaired) electrons. The van der Waals surface area contributed by atoms with E-state index in [1.54, 1.807) is 13.8 Å². The minimum Gasteiger partial charge on any atom is -0.480 e. The number of H-pyrrole nitrogens is 1. The molecule has 33 heavy (non-hydrogen) atoms. The van der Waals surface area contributed by atoms with Crippen molar-refractivity contribution in [3.63, 3.8) is 0 Å². The number of carbonyl (C=O) groups is 5. The number of aliphatic carboxylic acids is 1. The number of aromatic nitrogens is 2. The summed E-state index contributed by atoms with van der Waals surface area (Å²) < 4.78 is 0. The Balaban J connectivity index is 2.89. The summed E-state index contributed by atoms with van der Waals surface area (Å²) in [7, 11) is 0. The molecule has 1 aromatic rings. The summed E-state index contributed by atoms with van der Waals surface area (Å²) in [6.45, 7) is 2.63. The Bertz CT molecular complexity index is 830. The van der Waals surface area contributed by atoms with Gasteiger partial charge in [-0.1, -0.05) is 20.3 Å². The molecule has 14 nitrogen and oxygen atoms in total. The van der Waals surface area contributed by atoms with Crippen LogP contribution in [-0.4, -0.2) is 80.6 Å². The number of amides is 4. The van der Waals surface area contributed by atoms with Crippen LogP contribution in [0.5, 0.6) is 0 Å². The Hall–Kier alpha value is -3.52. The third kappa shape index (κ3) is 8.86. The highest BCUT2D eigenvalue weighted by atomic mass is 16.4. The van der Waals surface area contributed by atoms with Crippen molar-refractivity contribution in [2.45, 2.75) is 57.3 Å². The second-order valence-corrected chi connectivity index (χ2v) is 7.57. The van der Waals surface area contributed by atoms with E-state index in [1.165, 1.54) is 12.5 Å². The van der Waals surface area contributed by atoms with Crippen LogP contribution < -0.4 is 27.4 Å². The summed E-state index contributed by atoms with van der Waals surface area (Å²) in [5.74, 6) is -5.05. The van der Waals surface area contributed by atoms with Crippen molar-refractivity contribution < 1.29 is 34.2 Å². The molecule has 184 valence electrons. The molecule has 4 amide bonds. The zero-order valence-corrected chi connectivity index (χ0v) is 18.4. The van der Waals surface area contributed by atoms with Crippen LogP contribution >= 0.6 is 0 Å². The lowest BCUT2D eigenvalue weighted by atomic mass is 9.97. The topological polar surface area (TPSA) is 243 Å². The molecular weight excluding hydrogens is 438 g/mol. The lowest BCUT2D eigenvalue weighted by molar-refractivity contribution is -0.142. The minimum absolute atomic E-state index is 0.0602. The molecule has 1 aromatic heterocycles. The van der Waals surface area contributed by atoms with E-state index in [9.17, 15) is 34.2 Å². The number of aromatic amines is 1. The summed E-state index contributed by atoms with van der Waals surface area (Å²) in [4.78, 5) is 66.6. The van der Waals surface area contributed by atoms with E-state index in [0.717, 1.165) is 0 Å². The average molecular weight is 469 g/mol. The molecule has 0 aliphatic heterocycles. The smallest absolute Gasteiger partial charge is 0.326 e. The molecule has 0 aromatic carbocycles. The number of nitrogens with one attached hydrogen (secondary N) is 4. The summed E-state index contributed by atoms with van der Waals surface area (Å²) in [6.07, 6.45) is 2.73. The number of carboxylic acid groups (broad SMARTS) is 1. The van der Waals surface area contributed by atoms with Gasteiger partial charge in [-0.05, 0) is 5.92 Å². The third-order valence-electron chi connectivity index (χ3n) is 4.96. The molecule has 0 spiro atoms. The highest BCUT2D eigenvalue weighted by molar-refractivity contribution is 5.95. The molecule has 0 bridgehead atoms. The van der Waals surface area contributed by atoms with Crippen molar-refractivity contribution in [1.29, 1.82) is 0 Å². The molecule has 14 heteroatoms. The SMILES string of the molecule is CCC(C)C(NC(=O)C(CO)NC(=O)C(N)CC(N)=O)C(=O)NC(Cc1cnc[nH]1)C(=O)O. The first kappa shape index (κ1) is 27.5. The van der Waals surface area contributed by atoms with Gasteiger partial charge < -0.3 is 42.6 Å². The van der Waals surface area contributed by atoms with Gasteiger partial charge in [0.25, 0.3) is 0 Å². The van der Waals surface area contributed by atoms with Crippen LogP contribution in [0.1, 0.15) is 32.4 Å². The van der Waals surface area contributed by atoms with Crippen molar-refractivity contribution >= 4 is 29.6 Å². The number of aliphatic hydroxyl groups is 1. The van der Waals surface area contributed by atoms with Crippen LogP contribution in [0.4, 0.5) is 0 Å². The van der Waals surface area contributed by atoms with Crippen LogP contribution in [0.2, 0.25) is 0 Å². The Morgan fingerprint density at radius 3 is 2.21 bits per heavy atom. The van der Waals surface area contributed by atoms with Gasteiger partial charge >= 0.3 is 5.97 Å². The molecule has 5 unspecified atom stereocenters. The molecule has 5 atom stereocenters. The number of imidazole rings is 1. The molecule has 1 heterocycles. The maximum Gasteiger partial charge on any atom is 0.326 e. The average Bonchev–Trinajstić information content (AvgIpc) is 3.26. The molecule has 0 aliphatic carbocycles. The molecule has 0 aliphatic rings. The fourth-order valence-corrected chi connectivity index (χ4v) is 2.82. The number of hydrogen-bond donors (Lipinski definition) is 8. The summed E-state index contributed by atoms with van der Waals surface area (Å²) in [6, 6.07) is -5.23. The van der Waals surface area contributed by atoms with E-state index in [-0.39, 0.29) is 6.42 Å². The number of rotatable bonds is 14. The first-order valence-corrected chi connectivity index (χ1v) is 10.3. The molecule has 1 rings (SSSR count). The highest BCUT2D eigenvalue weighted by Crippen LogP contribution is 2.10. The van der Waals surface area contributed by atoms with Crippen LogP contribution in [0.15, 0.2) is 12.5 Å². The van der Waals surface area contributed by atoms with Crippen molar-refractivity contribution in [3.8, 4) is 0 Å². The van der Waals surface area contributed by atoms with Gasteiger partial charge in [0.2, 0.25) is 23.6 Å². The van der Waals surface area contributed by atoms with Crippen molar-refractivity contribution in [3.05, 3.63) is 18.2 Å². The van der Waals surface area contributed by atoms with Gasteiger partial charge in [0.05, 0.1) is 25.4 Å². The quantitative estimate of drug-likeness (QED) is 0.136. The summed E-state index contributed by atoms with van der Waals surface area (Å²) in [5, 5.41) is 26.0. The van der Waals surface area contributed by atoms with Gasteiger partial charge in [0, 0.05) is 18.3 Å². The molecule has 0 fully saturated rings. The van der Waals surface area contributed by atoms with Gasteiger partial charge in [-0.2, -0.15) is 0 Å². The zero-order chi connectivity index (χ0) is 25.1. The van der Waals surface area contributed by atoms with Crippen molar-refractivity contribution in [2.24, 2.45) is 17.4 Å². The van der Waals surface area contributed by atoms with Gasteiger partial charge in [0.15, 0.2) is 0 Å². The van der Waals surface area contributed by atoms with Crippen molar-refractivity contribution in [2.75, 3.05) is 6.61 Å². The molecule has 0 saturated heterocycles. The van der Waals surface area contributed by atoms with E-state index < -0.39 is 72.7 Å². The molecule has 0 saturated carbocycles. The predicted octanol–water partition coefficient (Wildman–Crippen LogP) is -3.27. The maximum absolute atomic E-state index is 12.8. The number of hydrogen-bond acceptors (Lipinski definition) is 8. The standard InChI is InChI=1S/C19H31N7O7/c1-3-9(2)15(18(31)24-12(19(32)33)4-10-6-22-8-23-10)26-17(30)13(7-27)25-16(29)11(20)5-14(21)28/h6,8-9,11-13,15,27H,3-5,7,20H2,1-2H3,(H2,21,28)(H,22,23)(H,24,31)(H,25,29)(H,26,30)(H,32,33). The highest BCUT2D eigenvalue weighted by Gasteiger charge is 2.32. The first-order chi connectivity index (χ1) is 15.5. The molecular formula is C19H31N7O7. The van der Waals surface area contributed by atoms with Gasteiger partial charge in [-0.3, -0.25) is 19.2 Å². The van der Waals surface area contributed by atoms with Gasteiger partial charge in [-0.15, -0.1) is 0 Å². The zero-order valence-electron chi connectivity index (χ0n) is 18.4. The van der Waals surface area contributed by atoms with Gasteiger partial charge in [0.1, 0.15) is 18.1 Å². The number of nitrogens with two attached hydrogens (primary N) is 2. The fourth-order valence-electron chi connectivity index (χ4n) is 2.82. The Morgan fingerprint density at radius 2 is 1.73 bits per heavy atom. The first-order valence-electron chi connectivity index (χ1n) is 10.3. The molecule has 10 N–H and O–H groups in total. The van der Waals surface area contributed by atoms with Crippen molar-refractivity contribution in [1.82, 2.24) is 25.9 Å². The van der Waals surface area contributed by atoms with Crippen LogP contribution in [0.3, 0.4) is 0 Å². The van der Waals surface area contributed by atoms with Gasteiger partial charge in [-0.25, -0.2) is 9.78 Å². The number of carbonyl (C=O) groups excluding carboxylic acids is 4. The normalized spacial score (nSPS) is 15.4. The Morgan fingerprint density at radius 1 is 1.09 bits per heavy atom. The van der Waals surface area contributed by atoms with E-state index in [4.69, 9.17) is 11.5 Å². The monoisotopic (exact) mass is 469 g/mol. The van der Waals surface area contributed by atoms with Crippen LogP contribution in [-0.2, 0) is 30.4 Å².